The number of rotatable bonds is 3. The van der Waals surface area contributed by atoms with E-state index in [2.05, 4.69) is 19.0 Å². The molecule has 1 heterocycles. The molecule has 0 bridgehead atoms. The summed E-state index contributed by atoms with van der Waals surface area (Å²) in [7, 11) is 5.96. The summed E-state index contributed by atoms with van der Waals surface area (Å²) in [5, 5.41) is 0. The van der Waals surface area contributed by atoms with E-state index in [4.69, 9.17) is 9.47 Å². The lowest BCUT2D eigenvalue weighted by Crippen LogP contribution is -2.64. The van der Waals surface area contributed by atoms with Crippen LogP contribution in [0.2, 0.25) is 0 Å². The number of likely N-dealkylation sites (N-methyl/N-ethyl adjacent to an activating group) is 1. The fraction of sp³-hybridized carbons (Fsp3) is 0.938. The second kappa shape index (κ2) is 5.43. The van der Waals surface area contributed by atoms with E-state index in [0.717, 1.165) is 38.9 Å². The zero-order valence-corrected chi connectivity index (χ0v) is 14.4. The van der Waals surface area contributed by atoms with Crippen LogP contribution in [0.4, 0.5) is 4.79 Å². The predicted molar refractivity (Wildman–Crippen MR) is 82.4 cm³/mol. The number of carbonyl (C=O) groups excluding carboxylic acids is 1. The molecule has 1 saturated heterocycles. The van der Waals surface area contributed by atoms with Crippen LogP contribution in [-0.2, 0) is 9.47 Å². The van der Waals surface area contributed by atoms with Gasteiger partial charge in [0.05, 0.1) is 5.60 Å². The first-order valence-corrected chi connectivity index (χ1v) is 7.81. The molecule has 122 valence electrons. The lowest BCUT2D eigenvalue weighted by molar-refractivity contribution is -0.189. The Morgan fingerprint density at radius 3 is 2.33 bits per heavy atom. The molecule has 2 fully saturated rings. The third-order valence-corrected chi connectivity index (χ3v) is 4.94. The van der Waals surface area contributed by atoms with Crippen molar-refractivity contribution < 1.29 is 14.3 Å². The Bertz CT molecular complexity index is 401. The van der Waals surface area contributed by atoms with Crippen LogP contribution in [0.3, 0.4) is 0 Å². The number of hydrogen-bond acceptors (Lipinski definition) is 4. The van der Waals surface area contributed by atoms with Crippen molar-refractivity contribution in [2.45, 2.75) is 51.2 Å². The Morgan fingerprint density at radius 1 is 1.24 bits per heavy atom. The van der Waals surface area contributed by atoms with Gasteiger partial charge in [0, 0.05) is 32.2 Å². The molecule has 1 aliphatic heterocycles. The SMILES string of the molecule is COC1(CN(C)C)CC[C@@]12CCN(C(=O)OC(C)(C)C)C2. The zero-order valence-electron chi connectivity index (χ0n) is 14.4. The number of amides is 1. The summed E-state index contributed by atoms with van der Waals surface area (Å²) in [5.74, 6) is 0. The summed E-state index contributed by atoms with van der Waals surface area (Å²) < 4.78 is 11.4. The Kier molecular flexibility index (Phi) is 4.28. The molecule has 5 nitrogen and oxygen atoms in total. The van der Waals surface area contributed by atoms with Gasteiger partial charge < -0.3 is 19.3 Å². The first kappa shape index (κ1) is 16.6. The molecule has 2 aliphatic rings. The standard InChI is InChI=1S/C16H30N2O3/c1-14(2,3)21-13(19)18-10-9-15(11-18)7-8-16(15,20-6)12-17(4)5/h7-12H2,1-6H3/t15-,16?/m0/s1. The van der Waals surface area contributed by atoms with Gasteiger partial charge in [-0.25, -0.2) is 4.79 Å². The van der Waals surface area contributed by atoms with E-state index >= 15 is 0 Å². The Morgan fingerprint density at radius 2 is 1.90 bits per heavy atom. The van der Waals surface area contributed by atoms with Gasteiger partial charge in [0.15, 0.2) is 0 Å². The summed E-state index contributed by atoms with van der Waals surface area (Å²) in [6.07, 6.45) is 3.02. The average Bonchev–Trinajstić information content (AvgIpc) is 2.80. The highest BCUT2D eigenvalue weighted by Gasteiger charge is 2.62. The van der Waals surface area contributed by atoms with Crippen LogP contribution in [0, 0.1) is 5.41 Å². The van der Waals surface area contributed by atoms with Gasteiger partial charge in [0.1, 0.15) is 5.60 Å². The second-order valence-corrected chi connectivity index (χ2v) is 7.87. The van der Waals surface area contributed by atoms with Crippen molar-refractivity contribution in [3.8, 4) is 0 Å². The average molecular weight is 298 g/mol. The van der Waals surface area contributed by atoms with Gasteiger partial charge in [-0.2, -0.15) is 0 Å². The minimum Gasteiger partial charge on any atom is -0.444 e. The molecule has 0 radical (unpaired) electrons. The molecule has 2 atom stereocenters. The van der Waals surface area contributed by atoms with Crippen LogP contribution in [0.5, 0.6) is 0 Å². The van der Waals surface area contributed by atoms with E-state index in [9.17, 15) is 4.79 Å². The smallest absolute Gasteiger partial charge is 0.410 e. The quantitative estimate of drug-likeness (QED) is 0.802. The summed E-state index contributed by atoms with van der Waals surface area (Å²) in [6, 6.07) is 0. The first-order valence-electron chi connectivity index (χ1n) is 7.81. The normalized spacial score (nSPS) is 32.6. The van der Waals surface area contributed by atoms with Crippen LogP contribution in [-0.4, -0.2) is 67.9 Å². The second-order valence-electron chi connectivity index (χ2n) is 7.87. The predicted octanol–water partition coefficient (Wildman–Crippen LogP) is 2.35. The highest BCUT2D eigenvalue weighted by molar-refractivity contribution is 5.68. The number of likely N-dealkylation sites (tertiary alicyclic amines) is 1. The molecule has 21 heavy (non-hydrogen) atoms. The molecule has 1 spiro atoms. The van der Waals surface area contributed by atoms with E-state index in [1.54, 1.807) is 7.11 Å². The van der Waals surface area contributed by atoms with Crippen LogP contribution in [0.1, 0.15) is 40.0 Å². The van der Waals surface area contributed by atoms with Crippen LogP contribution >= 0.6 is 0 Å². The molecule has 2 rings (SSSR count). The lowest BCUT2D eigenvalue weighted by Gasteiger charge is -2.57. The number of nitrogens with zero attached hydrogens (tertiary/aromatic N) is 2. The summed E-state index contributed by atoms with van der Waals surface area (Å²) in [6.45, 7) is 8.16. The molecule has 0 N–H and O–H groups in total. The van der Waals surface area contributed by atoms with Crippen molar-refractivity contribution in [2.75, 3.05) is 40.8 Å². The topological polar surface area (TPSA) is 42.0 Å². The number of carbonyl (C=O) groups is 1. The fourth-order valence-electron chi connectivity index (χ4n) is 3.83. The van der Waals surface area contributed by atoms with E-state index in [0.29, 0.717) is 0 Å². The Hall–Kier alpha value is -0.810. The van der Waals surface area contributed by atoms with Gasteiger partial charge in [0.2, 0.25) is 0 Å². The third kappa shape index (κ3) is 3.04. The van der Waals surface area contributed by atoms with E-state index < -0.39 is 5.60 Å². The van der Waals surface area contributed by atoms with Crippen molar-refractivity contribution in [3.05, 3.63) is 0 Å². The zero-order chi connectivity index (χ0) is 15.9. The van der Waals surface area contributed by atoms with Crippen LogP contribution in [0.15, 0.2) is 0 Å². The third-order valence-electron chi connectivity index (χ3n) is 4.94. The van der Waals surface area contributed by atoms with Crippen molar-refractivity contribution >= 4 is 6.09 Å². The van der Waals surface area contributed by atoms with Gasteiger partial charge in [-0.3, -0.25) is 0 Å². The minimum atomic E-state index is -0.436. The summed E-state index contributed by atoms with van der Waals surface area (Å²) >= 11 is 0. The number of ether oxygens (including phenoxy) is 2. The minimum absolute atomic E-state index is 0.100. The molecule has 0 aromatic heterocycles. The molecule has 1 unspecified atom stereocenters. The largest absolute Gasteiger partial charge is 0.444 e. The lowest BCUT2D eigenvalue weighted by atomic mass is 9.55. The van der Waals surface area contributed by atoms with Crippen molar-refractivity contribution in [3.63, 3.8) is 0 Å². The van der Waals surface area contributed by atoms with E-state index in [-0.39, 0.29) is 17.1 Å². The molecule has 5 heteroatoms. The Balaban J connectivity index is 2.05. The first-order chi connectivity index (χ1) is 9.63. The van der Waals surface area contributed by atoms with Crippen LogP contribution < -0.4 is 0 Å². The molecule has 0 aromatic rings. The van der Waals surface area contributed by atoms with E-state index in [1.807, 2.05) is 25.7 Å². The van der Waals surface area contributed by atoms with Crippen LogP contribution in [0.25, 0.3) is 0 Å². The van der Waals surface area contributed by atoms with Gasteiger partial charge >= 0.3 is 6.09 Å². The van der Waals surface area contributed by atoms with E-state index in [1.165, 1.54) is 0 Å². The van der Waals surface area contributed by atoms with Gasteiger partial charge in [0.25, 0.3) is 0 Å². The fourth-order valence-corrected chi connectivity index (χ4v) is 3.83. The maximum absolute atomic E-state index is 12.3. The number of hydrogen-bond donors (Lipinski definition) is 0. The molecular formula is C16H30N2O3. The molecule has 1 amide bonds. The highest BCUT2D eigenvalue weighted by atomic mass is 16.6. The molecular weight excluding hydrogens is 268 g/mol. The van der Waals surface area contributed by atoms with Gasteiger partial charge in [-0.05, 0) is 54.1 Å². The number of methoxy groups -OCH3 is 1. The molecule has 1 aliphatic carbocycles. The van der Waals surface area contributed by atoms with Gasteiger partial charge in [-0.15, -0.1) is 0 Å². The van der Waals surface area contributed by atoms with Crippen molar-refractivity contribution in [2.24, 2.45) is 5.41 Å². The molecule has 0 aromatic carbocycles. The van der Waals surface area contributed by atoms with Gasteiger partial charge in [-0.1, -0.05) is 0 Å². The Labute approximate surface area is 128 Å². The molecule has 1 saturated carbocycles. The van der Waals surface area contributed by atoms with Crippen molar-refractivity contribution in [1.29, 1.82) is 0 Å². The maximum Gasteiger partial charge on any atom is 0.410 e. The van der Waals surface area contributed by atoms with Crippen molar-refractivity contribution in [1.82, 2.24) is 9.80 Å². The maximum atomic E-state index is 12.3. The highest BCUT2D eigenvalue weighted by Crippen LogP contribution is 2.57. The summed E-state index contributed by atoms with van der Waals surface area (Å²) in [4.78, 5) is 16.3. The summed E-state index contributed by atoms with van der Waals surface area (Å²) in [5.41, 5.74) is -0.454. The monoisotopic (exact) mass is 298 g/mol.